The van der Waals surface area contributed by atoms with Crippen LogP contribution < -0.4 is 4.74 Å². The first-order valence-electron chi connectivity index (χ1n) is 9.20. The fraction of sp³-hybridized carbons (Fsp3) is 0.364. The van der Waals surface area contributed by atoms with Crippen molar-refractivity contribution >= 4 is 11.8 Å². The number of carbonyl (C=O) groups excluding carboxylic acids is 2. The zero-order valence-electron chi connectivity index (χ0n) is 16.4. The maximum atomic E-state index is 12.4. The third-order valence-corrected chi connectivity index (χ3v) is 4.98. The van der Waals surface area contributed by atoms with E-state index >= 15 is 0 Å². The lowest BCUT2D eigenvalue weighted by Crippen LogP contribution is -2.32. The standard InChI is InChI=1S/C22H26N2O3/c1-15-12-17(13-16(2)20(15)27-4)14-23(3)10-7-11-24-21(25)18-8-5-6-9-19(18)22(24)26/h5-6,8-9,12-13H,7,10-11,14H2,1-4H3. The van der Waals surface area contributed by atoms with Gasteiger partial charge in [0.25, 0.3) is 11.8 Å². The van der Waals surface area contributed by atoms with E-state index in [9.17, 15) is 9.59 Å². The lowest BCUT2D eigenvalue weighted by molar-refractivity contribution is 0.0648. The first-order valence-corrected chi connectivity index (χ1v) is 9.20. The number of aryl methyl sites for hydroxylation is 2. The molecule has 1 heterocycles. The number of benzene rings is 2. The molecule has 0 atom stereocenters. The number of hydrogen-bond acceptors (Lipinski definition) is 4. The molecule has 0 saturated carbocycles. The minimum Gasteiger partial charge on any atom is -0.496 e. The van der Waals surface area contributed by atoms with Crippen molar-refractivity contribution in [2.45, 2.75) is 26.8 Å². The second-order valence-electron chi connectivity index (χ2n) is 7.16. The molecular weight excluding hydrogens is 340 g/mol. The van der Waals surface area contributed by atoms with Crippen molar-refractivity contribution < 1.29 is 14.3 Å². The Hall–Kier alpha value is -2.66. The number of methoxy groups -OCH3 is 1. The van der Waals surface area contributed by atoms with Crippen molar-refractivity contribution in [2.75, 3.05) is 27.2 Å². The topological polar surface area (TPSA) is 49.9 Å². The molecule has 3 rings (SSSR count). The first-order chi connectivity index (χ1) is 12.9. The van der Waals surface area contributed by atoms with Gasteiger partial charge in [-0.25, -0.2) is 0 Å². The van der Waals surface area contributed by atoms with Gasteiger partial charge in [0.15, 0.2) is 0 Å². The molecule has 2 aromatic rings. The van der Waals surface area contributed by atoms with Gasteiger partial charge in [0.2, 0.25) is 0 Å². The summed E-state index contributed by atoms with van der Waals surface area (Å²) in [5, 5.41) is 0. The quantitative estimate of drug-likeness (QED) is 0.705. The van der Waals surface area contributed by atoms with Crippen LogP contribution >= 0.6 is 0 Å². The molecule has 2 aromatic carbocycles. The summed E-state index contributed by atoms with van der Waals surface area (Å²) in [6.07, 6.45) is 0.746. The van der Waals surface area contributed by atoms with Crippen molar-refractivity contribution in [3.05, 3.63) is 64.2 Å². The van der Waals surface area contributed by atoms with Crippen LogP contribution in [0, 0.1) is 13.8 Å². The van der Waals surface area contributed by atoms with Gasteiger partial charge in [0, 0.05) is 13.1 Å². The van der Waals surface area contributed by atoms with E-state index in [0.29, 0.717) is 17.7 Å². The number of carbonyl (C=O) groups is 2. The van der Waals surface area contributed by atoms with E-state index in [2.05, 4.69) is 37.9 Å². The highest BCUT2D eigenvalue weighted by atomic mass is 16.5. The number of fused-ring (bicyclic) bond motifs is 1. The van der Waals surface area contributed by atoms with E-state index in [-0.39, 0.29) is 11.8 Å². The number of imide groups is 1. The summed E-state index contributed by atoms with van der Waals surface area (Å²) in [6.45, 7) is 6.16. The molecule has 0 bridgehead atoms. The van der Waals surface area contributed by atoms with Crippen LogP contribution in [0.3, 0.4) is 0 Å². The van der Waals surface area contributed by atoms with Crippen LogP contribution in [0.25, 0.3) is 0 Å². The fourth-order valence-electron chi connectivity index (χ4n) is 3.78. The molecule has 2 amide bonds. The summed E-state index contributed by atoms with van der Waals surface area (Å²) in [5.74, 6) is 0.575. The maximum absolute atomic E-state index is 12.4. The van der Waals surface area contributed by atoms with Crippen LogP contribution in [0.15, 0.2) is 36.4 Å². The SMILES string of the molecule is COc1c(C)cc(CN(C)CCCN2C(=O)c3ccccc3C2=O)cc1C. The van der Waals surface area contributed by atoms with E-state index in [1.165, 1.54) is 10.5 Å². The Balaban J connectivity index is 1.54. The molecule has 0 aliphatic carbocycles. The van der Waals surface area contributed by atoms with Crippen LogP contribution in [-0.2, 0) is 6.54 Å². The van der Waals surface area contributed by atoms with E-state index in [4.69, 9.17) is 4.74 Å². The fourth-order valence-corrected chi connectivity index (χ4v) is 3.78. The molecule has 5 heteroatoms. The molecule has 1 aliphatic heterocycles. The normalized spacial score (nSPS) is 13.4. The summed E-state index contributed by atoms with van der Waals surface area (Å²) in [4.78, 5) is 28.3. The maximum Gasteiger partial charge on any atom is 0.261 e. The number of nitrogens with zero attached hydrogens (tertiary/aromatic N) is 2. The van der Waals surface area contributed by atoms with Gasteiger partial charge >= 0.3 is 0 Å². The molecule has 0 saturated heterocycles. The predicted molar refractivity (Wildman–Crippen MR) is 105 cm³/mol. The van der Waals surface area contributed by atoms with Crippen LogP contribution in [0.2, 0.25) is 0 Å². The highest BCUT2D eigenvalue weighted by molar-refractivity contribution is 6.21. The van der Waals surface area contributed by atoms with E-state index in [1.807, 2.05) is 0 Å². The van der Waals surface area contributed by atoms with Crippen LogP contribution in [0.5, 0.6) is 5.75 Å². The van der Waals surface area contributed by atoms with Crippen molar-refractivity contribution in [2.24, 2.45) is 0 Å². The third kappa shape index (κ3) is 3.88. The van der Waals surface area contributed by atoms with Gasteiger partial charge in [-0.2, -0.15) is 0 Å². The lowest BCUT2D eigenvalue weighted by atomic mass is 10.1. The number of rotatable bonds is 7. The second kappa shape index (κ2) is 7.92. The Morgan fingerprint density at radius 3 is 2.07 bits per heavy atom. The molecule has 0 radical (unpaired) electrons. The Bertz CT molecular complexity index is 818. The molecule has 0 spiro atoms. The Kier molecular flexibility index (Phi) is 5.61. The minimum atomic E-state index is -0.181. The molecule has 0 aromatic heterocycles. The Morgan fingerprint density at radius 2 is 1.56 bits per heavy atom. The average Bonchev–Trinajstić information content (AvgIpc) is 2.87. The number of hydrogen-bond donors (Lipinski definition) is 0. The van der Waals surface area contributed by atoms with Crippen molar-refractivity contribution in [3.63, 3.8) is 0 Å². The van der Waals surface area contributed by atoms with Crippen molar-refractivity contribution in [1.82, 2.24) is 9.80 Å². The zero-order valence-corrected chi connectivity index (χ0v) is 16.4. The molecule has 0 fully saturated rings. The van der Waals surface area contributed by atoms with Crippen LogP contribution in [0.4, 0.5) is 0 Å². The van der Waals surface area contributed by atoms with Crippen molar-refractivity contribution in [1.29, 1.82) is 0 Å². The summed E-state index contributed by atoms with van der Waals surface area (Å²) < 4.78 is 5.42. The highest BCUT2D eigenvalue weighted by Gasteiger charge is 2.34. The van der Waals surface area contributed by atoms with Gasteiger partial charge in [0.05, 0.1) is 18.2 Å². The summed E-state index contributed by atoms with van der Waals surface area (Å²) in [6, 6.07) is 11.3. The van der Waals surface area contributed by atoms with Gasteiger partial charge in [-0.05, 0) is 62.7 Å². The summed E-state index contributed by atoms with van der Waals surface area (Å²) in [7, 11) is 3.75. The molecular formula is C22H26N2O3. The molecule has 5 nitrogen and oxygen atoms in total. The Labute approximate surface area is 160 Å². The second-order valence-corrected chi connectivity index (χ2v) is 7.16. The van der Waals surface area contributed by atoms with Gasteiger partial charge in [-0.3, -0.25) is 14.5 Å². The largest absolute Gasteiger partial charge is 0.496 e. The Morgan fingerprint density at radius 1 is 1.00 bits per heavy atom. The van der Waals surface area contributed by atoms with Gasteiger partial charge in [0.1, 0.15) is 5.75 Å². The van der Waals surface area contributed by atoms with Gasteiger partial charge in [-0.1, -0.05) is 24.3 Å². The van der Waals surface area contributed by atoms with Crippen LogP contribution in [0.1, 0.15) is 43.8 Å². The first kappa shape index (κ1) is 19.1. The predicted octanol–water partition coefficient (Wildman–Crippen LogP) is 3.43. The third-order valence-electron chi connectivity index (χ3n) is 4.98. The van der Waals surface area contributed by atoms with Crippen LogP contribution in [-0.4, -0.2) is 48.9 Å². The smallest absolute Gasteiger partial charge is 0.261 e. The number of ether oxygens (including phenoxy) is 1. The summed E-state index contributed by atoms with van der Waals surface area (Å²) in [5.41, 5.74) is 4.52. The number of amides is 2. The zero-order chi connectivity index (χ0) is 19.6. The molecule has 142 valence electrons. The van der Waals surface area contributed by atoms with Gasteiger partial charge in [-0.15, -0.1) is 0 Å². The lowest BCUT2D eigenvalue weighted by Gasteiger charge is -2.20. The molecule has 1 aliphatic rings. The van der Waals surface area contributed by atoms with E-state index in [0.717, 1.165) is 36.4 Å². The summed E-state index contributed by atoms with van der Waals surface area (Å²) >= 11 is 0. The van der Waals surface area contributed by atoms with Gasteiger partial charge < -0.3 is 9.64 Å². The monoisotopic (exact) mass is 366 g/mol. The highest BCUT2D eigenvalue weighted by Crippen LogP contribution is 2.25. The molecule has 27 heavy (non-hydrogen) atoms. The van der Waals surface area contributed by atoms with Crippen molar-refractivity contribution in [3.8, 4) is 5.75 Å². The molecule has 0 unspecified atom stereocenters. The molecule has 0 N–H and O–H groups in total. The van der Waals surface area contributed by atoms with E-state index < -0.39 is 0 Å². The average molecular weight is 366 g/mol. The van der Waals surface area contributed by atoms with E-state index in [1.54, 1.807) is 31.4 Å². The minimum absolute atomic E-state index is 0.181.